The van der Waals surface area contributed by atoms with Gasteiger partial charge in [-0.1, -0.05) is 28.9 Å². The minimum atomic E-state index is -0.608. The van der Waals surface area contributed by atoms with Crippen molar-refractivity contribution in [3.63, 3.8) is 0 Å². The number of amides is 2. The number of hydrogen-bond donors (Lipinski definition) is 1. The average molecular weight is 479 g/mol. The van der Waals surface area contributed by atoms with Gasteiger partial charge in [-0.15, -0.1) is 0 Å². The van der Waals surface area contributed by atoms with Gasteiger partial charge in [-0.25, -0.2) is 13.6 Å². The van der Waals surface area contributed by atoms with E-state index in [9.17, 15) is 13.6 Å². The van der Waals surface area contributed by atoms with Crippen molar-refractivity contribution >= 4 is 28.9 Å². The van der Waals surface area contributed by atoms with Crippen LogP contribution in [0.4, 0.5) is 19.3 Å². The fourth-order valence-electron chi connectivity index (χ4n) is 3.88. The highest BCUT2D eigenvalue weighted by Gasteiger charge is 2.36. The fourth-order valence-corrected chi connectivity index (χ4v) is 4.00. The van der Waals surface area contributed by atoms with Crippen molar-refractivity contribution in [3.8, 4) is 11.4 Å². The minimum absolute atomic E-state index is 0.184. The molecule has 9 heteroatoms. The molecule has 0 saturated heterocycles. The van der Waals surface area contributed by atoms with E-state index in [4.69, 9.17) is 16.1 Å². The molecule has 1 aromatic heterocycles. The number of carbonyl (C=O) groups excluding carboxylic acids is 1. The second-order valence-corrected chi connectivity index (χ2v) is 8.11. The first-order chi connectivity index (χ1) is 16.4. The van der Waals surface area contributed by atoms with Crippen molar-refractivity contribution in [2.24, 2.45) is 0 Å². The molecular formula is C25H17ClF2N4O2. The summed E-state index contributed by atoms with van der Waals surface area (Å²) in [4.78, 5) is 19.1. The van der Waals surface area contributed by atoms with E-state index in [1.807, 2.05) is 0 Å². The van der Waals surface area contributed by atoms with E-state index in [0.717, 1.165) is 5.56 Å². The number of nitrogens with one attached hydrogen (secondary N) is 1. The third-order valence-electron chi connectivity index (χ3n) is 5.53. The molecule has 34 heavy (non-hydrogen) atoms. The van der Waals surface area contributed by atoms with Crippen LogP contribution in [0.25, 0.3) is 17.0 Å². The summed E-state index contributed by atoms with van der Waals surface area (Å²) < 4.78 is 32.4. The summed E-state index contributed by atoms with van der Waals surface area (Å²) in [6, 6.07) is 17.3. The lowest BCUT2D eigenvalue weighted by molar-refractivity contribution is 0.244. The maximum Gasteiger partial charge on any atom is 0.326 e. The van der Waals surface area contributed by atoms with E-state index >= 15 is 0 Å². The lowest BCUT2D eigenvalue weighted by Crippen LogP contribution is -2.46. The Labute approximate surface area is 198 Å². The highest BCUT2D eigenvalue weighted by atomic mass is 35.5. The zero-order chi connectivity index (χ0) is 23.8. The number of nitrogens with zero attached hydrogens (tertiary/aromatic N) is 3. The second kappa shape index (κ2) is 8.72. The molecule has 0 spiro atoms. The van der Waals surface area contributed by atoms with Gasteiger partial charge in [0.1, 0.15) is 11.6 Å². The quantitative estimate of drug-likeness (QED) is 0.370. The summed E-state index contributed by atoms with van der Waals surface area (Å²) in [7, 11) is 0. The van der Waals surface area contributed by atoms with E-state index in [0.29, 0.717) is 27.5 Å². The van der Waals surface area contributed by atoms with E-state index in [1.165, 1.54) is 41.3 Å². The van der Waals surface area contributed by atoms with Crippen molar-refractivity contribution in [1.82, 2.24) is 15.5 Å². The van der Waals surface area contributed by atoms with Gasteiger partial charge < -0.3 is 9.84 Å². The van der Waals surface area contributed by atoms with Gasteiger partial charge in [-0.2, -0.15) is 4.98 Å². The van der Waals surface area contributed by atoms with Crippen molar-refractivity contribution in [2.75, 3.05) is 4.90 Å². The van der Waals surface area contributed by atoms with Crippen molar-refractivity contribution in [2.45, 2.75) is 13.0 Å². The Balaban J connectivity index is 1.64. The Morgan fingerprint density at radius 2 is 1.56 bits per heavy atom. The second-order valence-electron chi connectivity index (χ2n) is 7.67. The fraction of sp³-hybridized carbons (Fsp3) is 0.0800. The average Bonchev–Trinajstić information content (AvgIpc) is 3.30. The van der Waals surface area contributed by atoms with Crippen molar-refractivity contribution < 1.29 is 18.1 Å². The normalized spacial score (nSPS) is 16.1. The molecule has 3 aromatic carbocycles. The van der Waals surface area contributed by atoms with Gasteiger partial charge in [0.05, 0.1) is 17.3 Å². The number of hydrogen-bond acceptors (Lipinski definition) is 4. The molecule has 2 heterocycles. The molecular weight excluding hydrogens is 462 g/mol. The van der Waals surface area contributed by atoms with Crippen LogP contribution in [0.1, 0.15) is 24.4 Å². The molecule has 0 radical (unpaired) electrons. The number of rotatable bonds is 4. The summed E-state index contributed by atoms with van der Waals surface area (Å²) in [5, 5.41) is 7.57. The summed E-state index contributed by atoms with van der Waals surface area (Å²) in [6.07, 6.45) is 0. The van der Waals surface area contributed by atoms with Crippen LogP contribution in [-0.2, 0) is 0 Å². The monoisotopic (exact) mass is 478 g/mol. The predicted molar refractivity (Wildman–Crippen MR) is 124 cm³/mol. The van der Waals surface area contributed by atoms with E-state index in [1.54, 1.807) is 43.3 Å². The van der Waals surface area contributed by atoms with Crippen LogP contribution in [0, 0.1) is 11.6 Å². The number of aromatic nitrogens is 2. The number of halogens is 3. The third kappa shape index (κ3) is 4.04. The van der Waals surface area contributed by atoms with Gasteiger partial charge in [0, 0.05) is 16.3 Å². The molecule has 1 unspecified atom stereocenters. The molecule has 6 nitrogen and oxygen atoms in total. The van der Waals surface area contributed by atoms with E-state index in [-0.39, 0.29) is 17.5 Å². The van der Waals surface area contributed by atoms with Gasteiger partial charge >= 0.3 is 6.03 Å². The molecule has 0 saturated carbocycles. The number of allylic oxidation sites excluding steroid dienone is 1. The van der Waals surface area contributed by atoms with Gasteiger partial charge in [0.2, 0.25) is 5.82 Å². The Hall–Kier alpha value is -4.04. The van der Waals surface area contributed by atoms with Crippen LogP contribution in [0.15, 0.2) is 83.0 Å². The Bertz CT molecular complexity index is 1380. The molecule has 2 amide bonds. The lowest BCUT2D eigenvalue weighted by Gasteiger charge is -2.35. The molecule has 1 aliphatic rings. The number of urea groups is 1. The summed E-state index contributed by atoms with van der Waals surface area (Å²) in [5.74, 6) is -0.332. The lowest BCUT2D eigenvalue weighted by atomic mass is 9.94. The highest BCUT2D eigenvalue weighted by Crippen LogP contribution is 2.39. The van der Waals surface area contributed by atoms with Crippen LogP contribution < -0.4 is 10.2 Å². The predicted octanol–water partition coefficient (Wildman–Crippen LogP) is 6.37. The summed E-state index contributed by atoms with van der Waals surface area (Å²) in [6.45, 7) is 1.75. The molecule has 170 valence electrons. The van der Waals surface area contributed by atoms with Crippen LogP contribution in [-0.4, -0.2) is 16.2 Å². The number of anilines is 1. The molecule has 1 aliphatic heterocycles. The van der Waals surface area contributed by atoms with Crippen molar-refractivity contribution in [1.29, 1.82) is 0 Å². The molecule has 4 aromatic rings. The Kier molecular flexibility index (Phi) is 5.59. The topological polar surface area (TPSA) is 71.3 Å². The minimum Gasteiger partial charge on any atom is -0.334 e. The standard InChI is InChI=1S/C25H17ClF2N4O2/c1-14-21(24-30-23(31-34-24)16-4-8-18(27)9-5-16)22(15-2-6-17(26)7-3-15)29-25(33)32(14)20-12-10-19(28)11-13-20/h2-13,22H,1H3,(H,29,33). The number of carbonyl (C=O) groups is 1. The first kappa shape index (κ1) is 21.8. The van der Waals surface area contributed by atoms with Crippen LogP contribution >= 0.6 is 11.6 Å². The largest absolute Gasteiger partial charge is 0.334 e. The summed E-state index contributed by atoms with van der Waals surface area (Å²) >= 11 is 6.05. The van der Waals surface area contributed by atoms with Crippen LogP contribution in [0.3, 0.4) is 0 Å². The van der Waals surface area contributed by atoms with Crippen molar-refractivity contribution in [3.05, 3.63) is 107 Å². The zero-order valence-corrected chi connectivity index (χ0v) is 18.6. The molecule has 0 fully saturated rings. The van der Waals surface area contributed by atoms with Gasteiger partial charge in [-0.05, 0) is 73.2 Å². The Morgan fingerprint density at radius 1 is 0.941 bits per heavy atom. The summed E-state index contributed by atoms with van der Waals surface area (Å²) in [5.41, 5.74) is 2.90. The van der Waals surface area contributed by atoms with Gasteiger partial charge in [0.15, 0.2) is 0 Å². The van der Waals surface area contributed by atoms with Crippen LogP contribution in [0.2, 0.25) is 5.02 Å². The highest BCUT2D eigenvalue weighted by molar-refractivity contribution is 6.30. The number of benzene rings is 3. The maximum atomic E-state index is 13.5. The van der Waals surface area contributed by atoms with Gasteiger partial charge in [-0.3, -0.25) is 4.90 Å². The first-order valence-corrected chi connectivity index (χ1v) is 10.7. The zero-order valence-electron chi connectivity index (χ0n) is 17.8. The molecule has 1 atom stereocenters. The molecule has 0 bridgehead atoms. The van der Waals surface area contributed by atoms with Crippen LogP contribution in [0.5, 0.6) is 0 Å². The smallest absolute Gasteiger partial charge is 0.326 e. The molecule has 0 aliphatic carbocycles. The Morgan fingerprint density at radius 3 is 2.21 bits per heavy atom. The van der Waals surface area contributed by atoms with Gasteiger partial charge in [0.25, 0.3) is 5.89 Å². The van der Waals surface area contributed by atoms with E-state index < -0.39 is 17.9 Å². The molecule has 5 rings (SSSR count). The first-order valence-electron chi connectivity index (χ1n) is 10.3. The molecule has 1 N–H and O–H groups in total. The maximum absolute atomic E-state index is 13.5. The SMILES string of the molecule is CC1=C(c2nc(-c3ccc(F)cc3)no2)C(c2ccc(Cl)cc2)NC(=O)N1c1ccc(F)cc1. The van der Waals surface area contributed by atoms with E-state index in [2.05, 4.69) is 15.5 Å². The third-order valence-corrected chi connectivity index (χ3v) is 5.78.